The molecule has 1 saturated heterocycles. The third-order valence-electron chi connectivity index (χ3n) is 5.01. The van der Waals surface area contributed by atoms with E-state index < -0.39 is 0 Å². The van der Waals surface area contributed by atoms with Crippen molar-refractivity contribution in [3.63, 3.8) is 0 Å². The van der Waals surface area contributed by atoms with Crippen molar-refractivity contribution >= 4 is 17.5 Å². The monoisotopic (exact) mass is 324 g/mol. The van der Waals surface area contributed by atoms with E-state index in [1.807, 2.05) is 4.90 Å². The summed E-state index contributed by atoms with van der Waals surface area (Å²) in [6.45, 7) is 3.45. The Labute approximate surface area is 135 Å². The predicted octanol–water partition coefficient (Wildman–Crippen LogP) is 3.17. The molecule has 3 rings (SSSR count). The fraction of sp³-hybridized carbons (Fsp3) is 0.588. The number of nitrogens with zero attached hydrogens (tertiary/aromatic N) is 1. The smallest absolute Gasteiger partial charge is 0.226 e. The van der Waals surface area contributed by atoms with Crippen molar-refractivity contribution in [1.82, 2.24) is 4.90 Å². The molecular formula is C17H22ClFN2O. The summed E-state index contributed by atoms with van der Waals surface area (Å²) in [4.78, 5) is 14.7. The molecule has 3 nitrogen and oxygen atoms in total. The number of piperidine rings is 1. The van der Waals surface area contributed by atoms with Crippen LogP contribution in [0.4, 0.5) is 4.39 Å². The van der Waals surface area contributed by atoms with Gasteiger partial charge in [0.05, 0.1) is 0 Å². The van der Waals surface area contributed by atoms with E-state index in [0.29, 0.717) is 29.5 Å². The number of carbonyl (C=O) groups is 1. The molecule has 2 aliphatic rings. The molecule has 1 heterocycles. The molecule has 0 bridgehead atoms. The standard InChI is InChI=1S/C17H22ClFN2O/c1-10-5-6-21(11(7-10)9-20)17(22)13-8-12(13)16-14(18)3-2-4-15(16)19/h2-4,10-13H,5-9,20H2,1H3. The van der Waals surface area contributed by atoms with Crippen LogP contribution in [-0.2, 0) is 4.79 Å². The van der Waals surface area contributed by atoms with Gasteiger partial charge in [-0.3, -0.25) is 4.79 Å². The molecule has 0 spiro atoms. The van der Waals surface area contributed by atoms with Crippen LogP contribution in [0.5, 0.6) is 0 Å². The number of rotatable bonds is 3. The van der Waals surface area contributed by atoms with E-state index in [9.17, 15) is 9.18 Å². The molecule has 2 fully saturated rings. The molecule has 1 saturated carbocycles. The maximum absolute atomic E-state index is 14.0. The Bertz CT molecular complexity index is 560. The summed E-state index contributed by atoms with van der Waals surface area (Å²) >= 11 is 6.11. The van der Waals surface area contributed by atoms with Gasteiger partial charge in [0, 0.05) is 41.6 Å². The molecule has 4 atom stereocenters. The second-order valence-electron chi connectivity index (χ2n) is 6.63. The molecule has 120 valence electrons. The summed E-state index contributed by atoms with van der Waals surface area (Å²) < 4.78 is 14.0. The lowest BCUT2D eigenvalue weighted by atomic mass is 9.92. The van der Waals surface area contributed by atoms with Crippen LogP contribution in [-0.4, -0.2) is 29.9 Å². The van der Waals surface area contributed by atoms with Gasteiger partial charge in [-0.2, -0.15) is 0 Å². The van der Waals surface area contributed by atoms with Crippen LogP contribution in [0, 0.1) is 17.7 Å². The van der Waals surface area contributed by atoms with Crippen LogP contribution < -0.4 is 5.73 Å². The minimum atomic E-state index is -0.310. The molecule has 5 heteroatoms. The van der Waals surface area contributed by atoms with Crippen molar-refractivity contribution in [3.05, 3.63) is 34.6 Å². The van der Waals surface area contributed by atoms with Crippen molar-refractivity contribution in [1.29, 1.82) is 0 Å². The molecule has 4 unspecified atom stereocenters. The van der Waals surface area contributed by atoms with Crippen molar-refractivity contribution < 1.29 is 9.18 Å². The van der Waals surface area contributed by atoms with E-state index in [1.54, 1.807) is 12.1 Å². The van der Waals surface area contributed by atoms with Crippen molar-refractivity contribution in [2.75, 3.05) is 13.1 Å². The Morgan fingerprint density at radius 1 is 1.45 bits per heavy atom. The molecule has 22 heavy (non-hydrogen) atoms. The number of carbonyl (C=O) groups excluding carboxylic acids is 1. The fourth-order valence-electron chi connectivity index (χ4n) is 3.63. The molecule has 1 aromatic carbocycles. The summed E-state index contributed by atoms with van der Waals surface area (Å²) in [7, 11) is 0. The number of likely N-dealkylation sites (tertiary alicyclic amines) is 1. The van der Waals surface area contributed by atoms with Crippen LogP contribution in [0.1, 0.15) is 37.7 Å². The van der Waals surface area contributed by atoms with Gasteiger partial charge in [-0.1, -0.05) is 24.6 Å². The number of halogens is 2. The SMILES string of the molecule is CC1CCN(C(=O)C2CC2c2c(F)cccc2Cl)C(CN)C1. The van der Waals surface area contributed by atoms with Gasteiger partial charge in [-0.05, 0) is 37.3 Å². The van der Waals surface area contributed by atoms with Gasteiger partial charge >= 0.3 is 0 Å². The maximum Gasteiger partial charge on any atom is 0.226 e. The first-order valence-electron chi connectivity index (χ1n) is 7.97. The Balaban J connectivity index is 1.73. The second-order valence-corrected chi connectivity index (χ2v) is 7.04. The molecule has 1 aliphatic carbocycles. The van der Waals surface area contributed by atoms with E-state index >= 15 is 0 Å². The van der Waals surface area contributed by atoms with E-state index in [-0.39, 0.29) is 29.6 Å². The van der Waals surface area contributed by atoms with Gasteiger partial charge in [0.15, 0.2) is 0 Å². The summed E-state index contributed by atoms with van der Waals surface area (Å²) in [5.41, 5.74) is 6.33. The average molecular weight is 325 g/mol. The molecule has 0 radical (unpaired) electrons. The number of hydrogen-bond acceptors (Lipinski definition) is 2. The van der Waals surface area contributed by atoms with E-state index in [2.05, 4.69) is 6.92 Å². The molecule has 1 amide bonds. The second kappa shape index (κ2) is 6.17. The third kappa shape index (κ3) is 2.86. The van der Waals surface area contributed by atoms with Crippen LogP contribution in [0.3, 0.4) is 0 Å². The first-order chi connectivity index (χ1) is 10.5. The Morgan fingerprint density at radius 3 is 2.91 bits per heavy atom. The zero-order chi connectivity index (χ0) is 15.9. The highest BCUT2D eigenvalue weighted by Crippen LogP contribution is 2.51. The van der Waals surface area contributed by atoms with Crippen LogP contribution in [0.15, 0.2) is 18.2 Å². The number of nitrogens with two attached hydrogens (primary N) is 1. The fourth-order valence-corrected chi connectivity index (χ4v) is 3.93. The zero-order valence-corrected chi connectivity index (χ0v) is 13.5. The van der Waals surface area contributed by atoms with Gasteiger partial charge in [-0.15, -0.1) is 0 Å². The molecule has 1 aromatic rings. The van der Waals surface area contributed by atoms with Gasteiger partial charge in [0.25, 0.3) is 0 Å². The lowest BCUT2D eigenvalue weighted by Crippen LogP contribution is -2.50. The molecular weight excluding hydrogens is 303 g/mol. The largest absolute Gasteiger partial charge is 0.338 e. The average Bonchev–Trinajstić information content (AvgIpc) is 3.26. The van der Waals surface area contributed by atoms with Gasteiger partial charge in [0.2, 0.25) is 5.91 Å². The van der Waals surface area contributed by atoms with Crippen molar-refractivity contribution in [2.24, 2.45) is 17.6 Å². The van der Waals surface area contributed by atoms with E-state index in [0.717, 1.165) is 19.4 Å². The summed E-state index contributed by atoms with van der Waals surface area (Å²) in [5.74, 6) is 0.187. The van der Waals surface area contributed by atoms with Crippen LogP contribution in [0.2, 0.25) is 5.02 Å². The minimum absolute atomic E-state index is 0.0843. The molecule has 2 N–H and O–H groups in total. The topological polar surface area (TPSA) is 46.3 Å². The van der Waals surface area contributed by atoms with Crippen LogP contribution in [0.25, 0.3) is 0 Å². The van der Waals surface area contributed by atoms with Gasteiger partial charge in [-0.25, -0.2) is 4.39 Å². The highest BCUT2D eigenvalue weighted by molar-refractivity contribution is 6.31. The highest BCUT2D eigenvalue weighted by Gasteiger charge is 2.49. The quantitative estimate of drug-likeness (QED) is 0.928. The van der Waals surface area contributed by atoms with Gasteiger partial charge < -0.3 is 10.6 Å². The highest BCUT2D eigenvalue weighted by atomic mass is 35.5. The van der Waals surface area contributed by atoms with Crippen molar-refractivity contribution in [3.8, 4) is 0 Å². The van der Waals surface area contributed by atoms with Gasteiger partial charge in [0.1, 0.15) is 5.82 Å². The Hall–Kier alpha value is -1.13. The zero-order valence-electron chi connectivity index (χ0n) is 12.8. The lowest BCUT2D eigenvalue weighted by molar-refractivity contribution is -0.136. The normalized spacial score (nSPS) is 31.2. The first kappa shape index (κ1) is 15.8. The molecule has 1 aliphatic heterocycles. The van der Waals surface area contributed by atoms with Crippen molar-refractivity contribution in [2.45, 2.75) is 38.1 Å². The summed E-state index contributed by atoms with van der Waals surface area (Å²) in [6.07, 6.45) is 2.66. The molecule has 0 aromatic heterocycles. The first-order valence-corrected chi connectivity index (χ1v) is 8.35. The minimum Gasteiger partial charge on any atom is -0.338 e. The Kier molecular flexibility index (Phi) is 4.42. The summed E-state index contributed by atoms with van der Waals surface area (Å²) in [5, 5.41) is 0.419. The maximum atomic E-state index is 14.0. The van der Waals surface area contributed by atoms with E-state index in [1.165, 1.54) is 6.07 Å². The lowest BCUT2D eigenvalue weighted by Gasteiger charge is -2.38. The Morgan fingerprint density at radius 2 is 2.23 bits per heavy atom. The van der Waals surface area contributed by atoms with Crippen LogP contribution >= 0.6 is 11.6 Å². The summed E-state index contributed by atoms with van der Waals surface area (Å²) in [6, 6.07) is 4.81. The number of amides is 1. The number of benzene rings is 1. The predicted molar refractivity (Wildman–Crippen MR) is 85.2 cm³/mol. The third-order valence-corrected chi connectivity index (χ3v) is 5.34. The number of hydrogen-bond donors (Lipinski definition) is 1. The van der Waals surface area contributed by atoms with E-state index in [4.69, 9.17) is 17.3 Å².